The first kappa shape index (κ1) is 43.2. The molecule has 0 amide bonds. The largest absolute Gasteiger partial charge is 0.394 e. The van der Waals surface area contributed by atoms with Crippen LogP contribution >= 0.6 is 0 Å². The second-order valence-electron chi connectivity index (χ2n) is 13.9. The van der Waals surface area contributed by atoms with Gasteiger partial charge in [0.05, 0.1) is 38.1 Å². The standard InChI is InChI=1S/C30H52O23/c1-7-24(17(38)20(41)27(45)46-7)47-8-2-3-9(14(35)13(8)34)48-28-22(43)18(39)25(11(5-32)50-28)53-30-23(44)19(40)26(12(6-33)51-30)52-29-21(42)16(37)15(36)10(4-31)49-29/h7-45H,2-6H2,1H3/t7-,8+,9+,10+,11-,12+,13+,14-,15-,16-,17-,18-,19+,20+,21-,22-,23-,24-,25-,26+,27-,28-,29-,30-/m0/s1. The Bertz CT molecular complexity index is 1140. The Labute approximate surface area is 301 Å². The van der Waals surface area contributed by atoms with E-state index in [0.717, 1.165) is 0 Å². The number of aliphatic hydroxyl groups excluding tert-OH is 15. The molecule has 5 fully saturated rings. The highest BCUT2D eigenvalue weighted by Crippen LogP contribution is 2.35. The average molecular weight is 781 g/mol. The summed E-state index contributed by atoms with van der Waals surface area (Å²) in [6, 6.07) is 0. The van der Waals surface area contributed by atoms with Gasteiger partial charge in [0.2, 0.25) is 0 Å². The molecular weight excluding hydrogens is 728 g/mol. The zero-order valence-corrected chi connectivity index (χ0v) is 28.4. The molecule has 4 aliphatic heterocycles. The third-order valence-corrected chi connectivity index (χ3v) is 10.4. The van der Waals surface area contributed by atoms with Gasteiger partial charge in [-0.3, -0.25) is 0 Å². The molecule has 0 aromatic heterocycles. The molecule has 23 nitrogen and oxygen atoms in total. The topological polar surface area (TPSA) is 377 Å². The summed E-state index contributed by atoms with van der Waals surface area (Å²) in [5.41, 5.74) is 0. The lowest BCUT2D eigenvalue weighted by molar-refractivity contribution is -0.382. The van der Waals surface area contributed by atoms with E-state index in [1.54, 1.807) is 0 Å². The van der Waals surface area contributed by atoms with Gasteiger partial charge in [-0.05, 0) is 19.8 Å². The van der Waals surface area contributed by atoms with Crippen molar-refractivity contribution >= 4 is 0 Å². The lowest BCUT2D eigenvalue weighted by atomic mass is 9.88. The third kappa shape index (κ3) is 8.82. The van der Waals surface area contributed by atoms with Gasteiger partial charge >= 0.3 is 0 Å². The van der Waals surface area contributed by atoms with Crippen LogP contribution in [0.2, 0.25) is 0 Å². The van der Waals surface area contributed by atoms with Crippen LogP contribution in [-0.2, 0) is 37.9 Å². The molecule has 24 atom stereocenters. The minimum absolute atomic E-state index is 0.0182. The smallest absolute Gasteiger partial charge is 0.187 e. The number of rotatable bonds is 11. The van der Waals surface area contributed by atoms with Crippen LogP contribution < -0.4 is 0 Å². The van der Waals surface area contributed by atoms with Crippen LogP contribution in [-0.4, -0.2) is 244 Å². The lowest BCUT2D eigenvalue weighted by Crippen LogP contribution is -2.67. The minimum atomic E-state index is -2.02. The summed E-state index contributed by atoms with van der Waals surface area (Å²) in [4.78, 5) is 0. The zero-order chi connectivity index (χ0) is 39.0. The third-order valence-electron chi connectivity index (χ3n) is 10.4. The van der Waals surface area contributed by atoms with Crippen molar-refractivity contribution in [2.24, 2.45) is 0 Å². The van der Waals surface area contributed by atoms with Crippen LogP contribution in [0, 0.1) is 0 Å². The average Bonchev–Trinajstić information content (AvgIpc) is 3.14. The van der Waals surface area contributed by atoms with Crippen molar-refractivity contribution in [3.05, 3.63) is 0 Å². The van der Waals surface area contributed by atoms with Gasteiger partial charge in [-0.25, -0.2) is 0 Å². The highest BCUT2D eigenvalue weighted by atomic mass is 16.8. The highest BCUT2D eigenvalue weighted by Gasteiger charge is 2.55. The molecule has 0 aromatic rings. The van der Waals surface area contributed by atoms with Gasteiger partial charge in [0.25, 0.3) is 0 Å². The predicted octanol–water partition coefficient (Wildman–Crippen LogP) is -9.45. The van der Waals surface area contributed by atoms with Crippen molar-refractivity contribution in [3.8, 4) is 0 Å². The SMILES string of the molecule is C[C@@H]1O[C@H](O)[C@H](O)[C@H](O)[C@H]1O[C@@H]1CC[C@@H](O[C@H]2O[C@@H](CO)[C@H](O[C@@H]3O[C@H](CO)[C@@H](O[C@@H]4O[C@H](CO)[C@H](O)[C@H](O)[C@@H]4O)[C@H](O)[C@@H]3O)[C@@H](O)[C@@H]2O)[C@H](O)[C@@H]1O. The van der Waals surface area contributed by atoms with E-state index >= 15 is 0 Å². The van der Waals surface area contributed by atoms with E-state index in [9.17, 15) is 76.6 Å². The molecule has 5 aliphatic rings. The molecule has 53 heavy (non-hydrogen) atoms. The van der Waals surface area contributed by atoms with E-state index in [-0.39, 0.29) is 12.8 Å². The zero-order valence-electron chi connectivity index (χ0n) is 28.4. The fourth-order valence-electron chi connectivity index (χ4n) is 7.15. The Hall–Kier alpha value is -0.920. The molecule has 310 valence electrons. The summed E-state index contributed by atoms with van der Waals surface area (Å²) in [6.07, 6.45) is -39.0. The van der Waals surface area contributed by atoms with Crippen LogP contribution in [0.15, 0.2) is 0 Å². The minimum Gasteiger partial charge on any atom is -0.394 e. The van der Waals surface area contributed by atoms with Crippen LogP contribution in [0.3, 0.4) is 0 Å². The molecular formula is C30H52O23. The fraction of sp³-hybridized carbons (Fsp3) is 1.00. The van der Waals surface area contributed by atoms with Crippen LogP contribution in [0.1, 0.15) is 19.8 Å². The number of aliphatic hydroxyl groups is 15. The predicted molar refractivity (Wildman–Crippen MR) is 162 cm³/mol. The maximum absolute atomic E-state index is 11.0. The monoisotopic (exact) mass is 780 g/mol. The second-order valence-corrected chi connectivity index (χ2v) is 13.9. The van der Waals surface area contributed by atoms with E-state index in [1.165, 1.54) is 6.92 Å². The van der Waals surface area contributed by atoms with Crippen molar-refractivity contribution in [2.75, 3.05) is 19.8 Å². The van der Waals surface area contributed by atoms with Crippen LogP contribution in [0.25, 0.3) is 0 Å². The first-order chi connectivity index (χ1) is 25.0. The Balaban J connectivity index is 1.18. The Kier molecular flexibility index (Phi) is 14.8. The Morgan fingerprint density at radius 3 is 1.26 bits per heavy atom. The number of ether oxygens (including phenoxy) is 8. The summed E-state index contributed by atoms with van der Waals surface area (Å²) in [6.45, 7) is -1.08. The molecule has 0 unspecified atom stereocenters. The molecule has 1 saturated carbocycles. The second kappa shape index (κ2) is 18.1. The summed E-state index contributed by atoms with van der Waals surface area (Å²) in [5.74, 6) is 0. The van der Waals surface area contributed by atoms with E-state index in [1.807, 2.05) is 0 Å². The normalized spacial score (nSPS) is 54.1. The maximum Gasteiger partial charge on any atom is 0.187 e. The van der Waals surface area contributed by atoms with Gasteiger partial charge in [0.1, 0.15) is 104 Å². The first-order valence-electron chi connectivity index (χ1n) is 17.3. The highest BCUT2D eigenvalue weighted by molar-refractivity contribution is 4.98. The molecule has 23 heteroatoms. The van der Waals surface area contributed by atoms with Gasteiger partial charge in [-0.2, -0.15) is 0 Å². The molecule has 15 N–H and O–H groups in total. The molecule has 4 heterocycles. The van der Waals surface area contributed by atoms with Crippen molar-refractivity contribution < 1.29 is 114 Å². The number of hydrogen-bond donors (Lipinski definition) is 15. The molecule has 0 spiro atoms. The summed E-state index contributed by atoms with van der Waals surface area (Å²) in [5, 5.41) is 155. The Morgan fingerprint density at radius 1 is 0.396 bits per heavy atom. The van der Waals surface area contributed by atoms with Crippen molar-refractivity contribution in [1.29, 1.82) is 0 Å². The van der Waals surface area contributed by atoms with Crippen LogP contribution in [0.4, 0.5) is 0 Å². The summed E-state index contributed by atoms with van der Waals surface area (Å²) < 4.78 is 44.2. The molecule has 0 aromatic carbocycles. The van der Waals surface area contributed by atoms with E-state index < -0.39 is 167 Å². The summed E-state index contributed by atoms with van der Waals surface area (Å²) in [7, 11) is 0. The Morgan fingerprint density at radius 2 is 0.792 bits per heavy atom. The van der Waals surface area contributed by atoms with Gasteiger partial charge in [0.15, 0.2) is 25.2 Å². The van der Waals surface area contributed by atoms with E-state index in [0.29, 0.717) is 0 Å². The molecule has 4 saturated heterocycles. The van der Waals surface area contributed by atoms with Gasteiger partial charge < -0.3 is 114 Å². The van der Waals surface area contributed by atoms with E-state index in [4.69, 9.17) is 37.9 Å². The maximum atomic E-state index is 11.0. The summed E-state index contributed by atoms with van der Waals surface area (Å²) >= 11 is 0. The lowest BCUT2D eigenvalue weighted by Gasteiger charge is -2.48. The number of hydrogen-bond acceptors (Lipinski definition) is 23. The van der Waals surface area contributed by atoms with E-state index in [2.05, 4.69) is 0 Å². The van der Waals surface area contributed by atoms with Gasteiger partial charge in [-0.1, -0.05) is 0 Å². The van der Waals surface area contributed by atoms with Crippen molar-refractivity contribution in [1.82, 2.24) is 0 Å². The first-order valence-corrected chi connectivity index (χ1v) is 17.3. The molecule has 5 rings (SSSR count). The van der Waals surface area contributed by atoms with Crippen molar-refractivity contribution in [3.63, 3.8) is 0 Å². The van der Waals surface area contributed by atoms with Crippen molar-refractivity contribution in [2.45, 2.75) is 167 Å². The van der Waals surface area contributed by atoms with Gasteiger partial charge in [0, 0.05) is 0 Å². The quantitative estimate of drug-likeness (QED) is 0.0925. The molecule has 0 radical (unpaired) electrons. The van der Waals surface area contributed by atoms with Crippen LogP contribution in [0.5, 0.6) is 0 Å². The van der Waals surface area contributed by atoms with Gasteiger partial charge in [-0.15, -0.1) is 0 Å². The molecule has 1 aliphatic carbocycles. The molecule has 0 bridgehead atoms. The fourth-order valence-corrected chi connectivity index (χ4v) is 7.15.